The van der Waals surface area contributed by atoms with Crippen LogP contribution in [0.5, 0.6) is 0 Å². The van der Waals surface area contributed by atoms with Gasteiger partial charge in [0, 0.05) is 20.0 Å². The highest BCUT2D eigenvalue weighted by Gasteiger charge is 2.02. The molecule has 1 aromatic rings. The van der Waals surface area contributed by atoms with Crippen molar-refractivity contribution in [3.63, 3.8) is 0 Å². The van der Waals surface area contributed by atoms with E-state index in [9.17, 15) is 9.59 Å². The topological polar surface area (TPSA) is 61.8 Å². The second kappa shape index (κ2) is 15.6. The average Bonchev–Trinajstić information content (AvgIpc) is 2.57. The second-order valence-electron chi connectivity index (χ2n) is 5.78. The van der Waals surface area contributed by atoms with Crippen LogP contribution in [-0.2, 0) is 23.8 Å². The lowest BCUT2D eigenvalue weighted by atomic mass is 10.2. The number of carbonyl (C=O) groups is 2. The van der Waals surface area contributed by atoms with Crippen LogP contribution in [0.1, 0.15) is 50.7 Å². The number of carbonyl (C=O) groups excluding carboxylic acids is 2. The van der Waals surface area contributed by atoms with E-state index < -0.39 is 0 Å². The molecule has 1 aromatic carbocycles. The summed E-state index contributed by atoms with van der Waals surface area (Å²) in [4.78, 5) is 21.6. The molecule has 1 rings (SSSR count). The normalized spacial score (nSPS) is 9.76. The zero-order valence-corrected chi connectivity index (χ0v) is 16.0. The minimum atomic E-state index is -0.312. The molecule has 0 aromatic heterocycles. The van der Waals surface area contributed by atoms with Crippen molar-refractivity contribution < 1.29 is 23.8 Å². The second-order valence-corrected chi connectivity index (χ2v) is 5.78. The van der Waals surface area contributed by atoms with Crippen LogP contribution in [-0.4, -0.2) is 38.4 Å². The summed E-state index contributed by atoms with van der Waals surface area (Å²) in [7, 11) is 0. The van der Waals surface area contributed by atoms with Gasteiger partial charge in [-0.05, 0) is 26.7 Å². The Bertz CT molecular complexity index is 446. The quantitative estimate of drug-likeness (QED) is 0.470. The Morgan fingerprint density at radius 3 is 1.96 bits per heavy atom. The Hall–Kier alpha value is -1.88. The van der Waals surface area contributed by atoms with Crippen LogP contribution in [0.3, 0.4) is 0 Å². The summed E-state index contributed by atoms with van der Waals surface area (Å²) in [5.74, 6) is -0.491. The first-order valence-corrected chi connectivity index (χ1v) is 8.85. The molecule has 0 fully saturated rings. The molecule has 0 N–H and O–H groups in total. The highest BCUT2D eigenvalue weighted by molar-refractivity contribution is 5.69. The van der Waals surface area contributed by atoms with E-state index in [2.05, 4.69) is 42.8 Å². The van der Waals surface area contributed by atoms with E-state index in [-0.39, 0.29) is 18.5 Å². The highest BCUT2D eigenvalue weighted by atomic mass is 16.6. The Morgan fingerprint density at radius 1 is 0.840 bits per heavy atom. The summed E-state index contributed by atoms with van der Waals surface area (Å²) >= 11 is 0. The van der Waals surface area contributed by atoms with Gasteiger partial charge in [-0.25, -0.2) is 0 Å². The van der Waals surface area contributed by atoms with Crippen molar-refractivity contribution in [1.29, 1.82) is 0 Å². The predicted octanol–water partition coefficient (Wildman–Crippen LogP) is 3.99. The number of hydrogen-bond donors (Lipinski definition) is 0. The lowest BCUT2D eigenvalue weighted by Crippen LogP contribution is -2.10. The molecular formula is C20H32O5. The fourth-order valence-corrected chi connectivity index (χ4v) is 1.70. The molecule has 25 heavy (non-hydrogen) atoms. The Labute approximate surface area is 151 Å². The minimum absolute atomic E-state index is 0.179. The highest BCUT2D eigenvalue weighted by Crippen LogP contribution is 1.99. The van der Waals surface area contributed by atoms with Crippen molar-refractivity contribution >= 4 is 11.9 Å². The van der Waals surface area contributed by atoms with E-state index in [0.29, 0.717) is 32.7 Å². The van der Waals surface area contributed by atoms with Gasteiger partial charge in [0.25, 0.3) is 0 Å². The number of hydrogen-bond acceptors (Lipinski definition) is 5. The molecule has 0 saturated heterocycles. The average molecular weight is 352 g/mol. The van der Waals surface area contributed by atoms with E-state index in [1.165, 1.54) is 18.1 Å². The molecule has 142 valence electrons. The van der Waals surface area contributed by atoms with Crippen molar-refractivity contribution in [3.8, 4) is 0 Å². The zero-order valence-electron chi connectivity index (χ0n) is 16.0. The lowest BCUT2D eigenvalue weighted by Gasteiger charge is -2.05. The van der Waals surface area contributed by atoms with Crippen molar-refractivity contribution in [2.45, 2.75) is 53.4 Å². The number of ether oxygens (including phenoxy) is 3. The molecular weight excluding hydrogens is 320 g/mol. The molecule has 0 bridgehead atoms. The maximum atomic E-state index is 11.1. The Kier molecular flexibility index (Phi) is 14.5. The van der Waals surface area contributed by atoms with Crippen LogP contribution < -0.4 is 0 Å². The molecule has 0 saturated carbocycles. The molecule has 5 nitrogen and oxygen atoms in total. The van der Waals surface area contributed by atoms with E-state index >= 15 is 0 Å². The molecule has 0 spiro atoms. The van der Waals surface area contributed by atoms with E-state index in [4.69, 9.17) is 9.47 Å². The van der Waals surface area contributed by atoms with Crippen LogP contribution >= 0.6 is 0 Å². The predicted molar refractivity (Wildman–Crippen MR) is 98.5 cm³/mol. The van der Waals surface area contributed by atoms with Crippen LogP contribution in [0, 0.1) is 13.8 Å². The van der Waals surface area contributed by atoms with Crippen molar-refractivity contribution in [3.05, 3.63) is 35.4 Å². The van der Waals surface area contributed by atoms with Crippen LogP contribution in [0.4, 0.5) is 0 Å². The molecule has 0 atom stereocenters. The molecule has 0 heterocycles. The monoisotopic (exact) mass is 352 g/mol. The zero-order chi connectivity index (χ0) is 18.9. The summed E-state index contributed by atoms with van der Waals surface area (Å²) in [6, 6.07) is 8.48. The minimum Gasteiger partial charge on any atom is -0.466 e. The lowest BCUT2D eigenvalue weighted by molar-refractivity contribution is -0.144. The summed E-state index contributed by atoms with van der Waals surface area (Å²) in [6.07, 6.45) is 2.93. The van der Waals surface area contributed by atoms with Crippen LogP contribution in [0.15, 0.2) is 24.3 Å². The van der Waals surface area contributed by atoms with Gasteiger partial charge in [0.15, 0.2) is 0 Å². The smallest absolute Gasteiger partial charge is 0.305 e. The van der Waals surface area contributed by atoms with Crippen molar-refractivity contribution in [2.75, 3.05) is 26.4 Å². The number of aryl methyl sites for hydroxylation is 2. The van der Waals surface area contributed by atoms with Gasteiger partial charge in [0.2, 0.25) is 0 Å². The third-order valence-electron chi connectivity index (χ3n) is 3.18. The largest absolute Gasteiger partial charge is 0.466 e. The molecule has 0 radical (unpaired) electrons. The van der Waals surface area contributed by atoms with Crippen LogP contribution in [0.25, 0.3) is 0 Å². The van der Waals surface area contributed by atoms with Crippen molar-refractivity contribution in [2.24, 2.45) is 0 Å². The fourth-order valence-electron chi connectivity index (χ4n) is 1.70. The van der Waals surface area contributed by atoms with E-state index in [0.717, 1.165) is 12.8 Å². The maximum Gasteiger partial charge on any atom is 0.305 e. The van der Waals surface area contributed by atoms with Gasteiger partial charge < -0.3 is 14.2 Å². The number of benzene rings is 1. The van der Waals surface area contributed by atoms with E-state index in [1.54, 1.807) is 0 Å². The summed E-state index contributed by atoms with van der Waals surface area (Å²) in [5, 5.41) is 0. The van der Waals surface area contributed by atoms with Gasteiger partial charge in [-0.15, -0.1) is 0 Å². The molecule has 0 aliphatic carbocycles. The number of esters is 2. The molecule has 0 aliphatic heterocycles. The first kappa shape index (κ1) is 23.1. The van der Waals surface area contributed by atoms with Gasteiger partial charge in [-0.2, -0.15) is 0 Å². The standard InChI is InChI=1S/C12H22O5.C8H10/c1-3-4-8-17-12(14)6-5-7-15-9-10-16-11(2)13;1-7-3-5-8(2)6-4-7/h3-10H2,1-2H3;3-6H,1-2H3. The summed E-state index contributed by atoms with van der Waals surface area (Å²) in [6.45, 7) is 9.20. The summed E-state index contributed by atoms with van der Waals surface area (Å²) in [5.41, 5.74) is 2.66. The molecule has 0 aliphatic rings. The van der Waals surface area contributed by atoms with Gasteiger partial charge in [0.05, 0.1) is 13.2 Å². The van der Waals surface area contributed by atoms with E-state index in [1.807, 2.05) is 6.92 Å². The first-order chi connectivity index (χ1) is 12.0. The van der Waals surface area contributed by atoms with Gasteiger partial charge in [-0.1, -0.05) is 48.7 Å². The summed E-state index contributed by atoms with van der Waals surface area (Å²) < 4.78 is 14.8. The SMILES string of the molecule is CCCCOC(=O)CCCOCCOC(C)=O.Cc1ccc(C)cc1. The number of unbranched alkanes of at least 4 members (excludes halogenated alkanes) is 1. The third-order valence-corrected chi connectivity index (χ3v) is 3.18. The first-order valence-electron chi connectivity index (χ1n) is 8.85. The van der Waals surface area contributed by atoms with Crippen LogP contribution in [0.2, 0.25) is 0 Å². The Balaban J connectivity index is 0.000000593. The third kappa shape index (κ3) is 16.8. The van der Waals surface area contributed by atoms with Gasteiger partial charge >= 0.3 is 11.9 Å². The Morgan fingerprint density at radius 2 is 1.44 bits per heavy atom. The molecule has 0 amide bonds. The van der Waals surface area contributed by atoms with Gasteiger partial charge in [0.1, 0.15) is 6.61 Å². The maximum absolute atomic E-state index is 11.1. The molecule has 0 unspecified atom stereocenters. The van der Waals surface area contributed by atoms with Crippen molar-refractivity contribution in [1.82, 2.24) is 0 Å². The van der Waals surface area contributed by atoms with Gasteiger partial charge in [-0.3, -0.25) is 9.59 Å². The fraction of sp³-hybridized carbons (Fsp3) is 0.600. The molecule has 5 heteroatoms. The number of rotatable bonds is 10.